The lowest BCUT2D eigenvalue weighted by molar-refractivity contribution is 0.0574. The third kappa shape index (κ3) is 5.51. The molecule has 0 aromatic heterocycles. The number of benzene rings is 1. The van der Waals surface area contributed by atoms with Crippen LogP contribution in [0.2, 0.25) is 0 Å². The summed E-state index contributed by atoms with van der Waals surface area (Å²) in [5, 5.41) is 17.5. The maximum Gasteiger partial charge on any atom is 0.191 e. The van der Waals surface area contributed by atoms with Crippen molar-refractivity contribution in [2.75, 3.05) is 38.2 Å². The molecule has 1 saturated heterocycles. The van der Waals surface area contributed by atoms with E-state index in [0.29, 0.717) is 12.6 Å². The van der Waals surface area contributed by atoms with Crippen LogP contribution in [0.4, 0.5) is 5.69 Å². The van der Waals surface area contributed by atoms with Gasteiger partial charge in [-0.15, -0.1) is 0 Å². The lowest BCUT2D eigenvalue weighted by Gasteiger charge is -2.35. The zero-order valence-corrected chi connectivity index (χ0v) is 16.7. The van der Waals surface area contributed by atoms with Crippen LogP contribution in [0.25, 0.3) is 0 Å². The average molecular weight is 375 g/mol. The zero-order valence-electron chi connectivity index (χ0n) is 16.7. The number of methoxy groups -OCH3 is 1. The topological polar surface area (TPSA) is 69.1 Å². The minimum absolute atomic E-state index is 0.334. The molecule has 1 aromatic rings. The van der Waals surface area contributed by atoms with E-state index in [4.69, 9.17) is 9.73 Å². The van der Waals surface area contributed by atoms with Crippen molar-refractivity contribution in [3.8, 4) is 5.75 Å². The monoisotopic (exact) mass is 374 g/mol. The van der Waals surface area contributed by atoms with Gasteiger partial charge in [-0.05, 0) is 44.7 Å². The largest absolute Gasteiger partial charge is 0.497 e. The highest BCUT2D eigenvalue weighted by Crippen LogP contribution is 2.29. The Morgan fingerprint density at radius 2 is 2.15 bits per heavy atom. The van der Waals surface area contributed by atoms with Gasteiger partial charge in [-0.25, -0.2) is 0 Å². The number of aliphatic hydroxyl groups is 1. The molecule has 6 nitrogen and oxygen atoms in total. The van der Waals surface area contributed by atoms with Crippen LogP contribution < -0.4 is 20.3 Å². The summed E-state index contributed by atoms with van der Waals surface area (Å²) in [4.78, 5) is 7.09. The zero-order chi connectivity index (χ0) is 19.1. The molecule has 6 heteroatoms. The van der Waals surface area contributed by atoms with E-state index in [2.05, 4.69) is 34.6 Å². The maximum absolute atomic E-state index is 10.6. The predicted molar refractivity (Wildman–Crippen MR) is 111 cm³/mol. The SMILES string of the molecule is CCNC(=NCC1(O)CCCC1)NC1CCCN(c2cccc(OC)c2)C1. The van der Waals surface area contributed by atoms with E-state index in [1.165, 1.54) is 5.69 Å². The van der Waals surface area contributed by atoms with Crippen molar-refractivity contribution in [2.45, 2.75) is 57.1 Å². The number of nitrogens with zero attached hydrogens (tertiary/aromatic N) is 2. The van der Waals surface area contributed by atoms with E-state index in [-0.39, 0.29) is 0 Å². The number of nitrogens with one attached hydrogen (secondary N) is 2. The molecule has 1 unspecified atom stereocenters. The molecule has 0 radical (unpaired) electrons. The van der Waals surface area contributed by atoms with Crippen LogP contribution in [0.5, 0.6) is 5.75 Å². The molecule has 3 rings (SSSR count). The fourth-order valence-corrected chi connectivity index (χ4v) is 4.07. The summed E-state index contributed by atoms with van der Waals surface area (Å²) >= 11 is 0. The van der Waals surface area contributed by atoms with Crippen LogP contribution in [-0.2, 0) is 0 Å². The summed E-state index contributed by atoms with van der Waals surface area (Å²) in [5.74, 6) is 1.71. The lowest BCUT2D eigenvalue weighted by atomic mass is 10.0. The molecule has 1 saturated carbocycles. The van der Waals surface area contributed by atoms with Crippen molar-refractivity contribution in [1.29, 1.82) is 0 Å². The van der Waals surface area contributed by atoms with Crippen molar-refractivity contribution in [3.05, 3.63) is 24.3 Å². The van der Waals surface area contributed by atoms with Gasteiger partial charge in [0.1, 0.15) is 5.75 Å². The standard InChI is InChI=1S/C21H34N4O2/c1-3-22-20(23-16-21(26)11-4-5-12-21)24-17-8-7-13-25(15-17)18-9-6-10-19(14-18)27-2/h6,9-10,14,17,26H,3-5,7-8,11-13,15-16H2,1-2H3,(H2,22,23,24). The third-order valence-electron chi connectivity index (χ3n) is 5.59. The Morgan fingerprint density at radius 3 is 2.89 bits per heavy atom. The first kappa shape index (κ1) is 19.8. The first-order valence-electron chi connectivity index (χ1n) is 10.3. The predicted octanol–water partition coefficient (Wildman–Crippen LogP) is 2.52. The smallest absolute Gasteiger partial charge is 0.191 e. The molecule has 1 aromatic carbocycles. The molecule has 2 fully saturated rings. The summed E-state index contributed by atoms with van der Waals surface area (Å²) in [5.41, 5.74) is 0.588. The minimum atomic E-state index is -0.610. The van der Waals surface area contributed by atoms with E-state index in [1.54, 1.807) is 7.11 Å². The Labute approximate surface area is 163 Å². The second-order valence-electron chi connectivity index (χ2n) is 7.76. The highest BCUT2D eigenvalue weighted by Gasteiger charge is 2.31. The first-order chi connectivity index (χ1) is 13.1. The fourth-order valence-electron chi connectivity index (χ4n) is 4.07. The molecule has 0 amide bonds. The summed E-state index contributed by atoms with van der Waals surface area (Å²) in [7, 11) is 1.71. The van der Waals surface area contributed by atoms with Crippen molar-refractivity contribution in [3.63, 3.8) is 0 Å². The number of aliphatic imine (C=N–C) groups is 1. The van der Waals surface area contributed by atoms with Crippen LogP contribution in [0.1, 0.15) is 45.4 Å². The van der Waals surface area contributed by atoms with E-state index in [9.17, 15) is 5.11 Å². The maximum atomic E-state index is 10.6. The van der Waals surface area contributed by atoms with Crippen molar-refractivity contribution in [1.82, 2.24) is 10.6 Å². The van der Waals surface area contributed by atoms with Gasteiger partial charge in [0, 0.05) is 37.4 Å². The fraction of sp³-hybridized carbons (Fsp3) is 0.667. The number of rotatable bonds is 6. The minimum Gasteiger partial charge on any atom is -0.497 e. The Hall–Kier alpha value is -1.95. The Balaban J connectivity index is 1.61. The van der Waals surface area contributed by atoms with Crippen LogP contribution in [0.15, 0.2) is 29.3 Å². The van der Waals surface area contributed by atoms with Crippen molar-refractivity contribution in [2.24, 2.45) is 4.99 Å². The normalized spacial score (nSPS) is 22.6. The van der Waals surface area contributed by atoms with Gasteiger partial charge in [-0.2, -0.15) is 0 Å². The molecule has 3 N–H and O–H groups in total. The number of hydrogen-bond acceptors (Lipinski definition) is 4. The van der Waals surface area contributed by atoms with Crippen molar-refractivity contribution >= 4 is 11.6 Å². The number of ether oxygens (including phenoxy) is 1. The second-order valence-corrected chi connectivity index (χ2v) is 7.76. The van der Waals surface area contributed by atoms with Gasteiger partial charge in [-0.1, -0.05) is 18.9 Å². The van der Waals surface area contributed by atoms with Gasteiger partial charge < -0.3 is 25.4 Å². The number of anilines is 1. The van der Waals surface area contributed by atoms with E-state index >= 15 is 0 Å². The highest BCUT2D eigenvalue weighted by molar-refractivity contribution is 5.80. The molecule has 1 aliphatic carbocycles. The molecule has 1 atom stereocenters. The van der Waals surface area contributed by atoms with Crippen LogP contribution >= 0.6 is 0 Å². The summed E-state index contributed by atoms with van der Waals surface area (Å²) < 4.78 is 5.36. The molecule has 150 valence electrons. The average Bonchev–Trinajstić information content (AvgIpc) is 3.13. The number of piperidine rings is 1. The molecule has 0 spiro atoms. The van der Waals surface area contributed by atoms with Crippen LogP contribution in [0, 0.1) is 0 Å². The molecular formula is C21H34N4O2. The number of hydrogen-bond donors (Lipinski definition) is 3. The number of guanidine groups is 1. The Morgan fingerprint density at radius 1 is 1.33 bits per heavy atom. The second kappa shape index (κ2) is 9.31. The van der Waals surface area contributed by atoms with Gasteiger partial charge in [0.15, 0.2) is 5.96 Å². The Bertz CT molecular complexity index is 628. The summed E-state index contributed by atoms with van der Waals surface area (Å²) in [6.07, 6.45) is 6.20. The third-order valence-corrected chi connectivity index (χ3v) is 5.59. The molecular weight excluding hydrogens is 340 g/mol. The van der Waals surface area contributed by atoms with E-state index in [1.807, 2.05) is 12.1 Å². The molecule has 0 bridgehead atoms. The van der Waals surface area contributed by atoms with Gasteiger partial charge in [0.05, 0.1) is 19.3 Å². The summed E-state index contributed by atoms with van der Waals surface area (Å²) in [6.45, 7) is 5.36. The lowest BCUT2D eigenvalue weighted by Crippen LogP contribution is -2.51. The van der Waals surface area contributed by atoms with Gasteiger partial charge in [0.2, 0.25) is 0 Å². The Kier molecular flexibility index (Phi) is 6.83. The van der Waals surface area contributed by atoms with Crippen LogP contribution in [-0.4, -0.2) is 56.0 Å². The molecule has 1 aliphatic heterocycles. The van der Waals surface area contributed by atoms with Gasteiger partial charge >= 0.3 is 0 Å². The van der Waals surface area contributed by atoms with Gasteiger partial charge in [0.25, 0.3) is 0 Å². The van der Waals surface area contributed by atoms with Crippen molar-refractivity contribution < 1.29 is 9.84 Å². The summed E-state index contributed by atoms with van der Waals surface area (Å²) in [6, 6.07) is 8.59. The highest BCUT2D eigenvalue weighted by atomic mass is 16.5. The molecule has 2 aliphatic rings. The molecule has 27 heavy (non-hydrogen) atoms. The molecule has 1 heterocycles. The quantitative estimate of drug-likeness (QED) is 0.527. The van der Waals surface area contributed by atoms with E-state index < -0.39 is 5.60 Å². The first-order valence-corrected chi connectivity index (χ1v) is 10.3. The van der Waals surface area contributed by atoms with Gasteiger partial charge in [-0.3, -0.25) is 4.99 Å². The van der Waals surface area contributed by atoms with Crippen LogP contribution in [0.3, 0.4) is 0 Å². The van der Waals surface area contributed by atoms with E-state index in [0.717, 1.165) is 69.9 Å².